The van der Waals surface area contributed by atoms with E-state index < -0.39 is 11.9 Å². The van der Waals surface area contributed by atoms with Gasteiger partial charge in [0.05, 0.1) is 20.3 Å². The van der Waals surface area contributed by atoms with E-state index in [9.17, 15) is 19.2 Å². The Kier molecular flexibility index (Phi) is 9.87. The Morgan fingerprint density at radius 1 is 0.931 bits per heavy atom. The van der Waals surface area contributed by atoms with Gasteiger partial charge in [0.25, 0.3) is 5.91 Å². The number of hydrogen-bond donors (Lipinski definition) is 1. The summed E-state index contributed by atoms with van der Waals surface area (Å²) in [6.07, 6.45) is 2.24. The van der Waals surface area contributed by atoms with Crippen LogP contribution in [-0.4, -0.2) is 43.8 Å². The number of carbonyl (C=O) groups is 4. The highest BCUT2D eigenvalue weighted by Crippen LogP contribution is 2.12. The molecule has 29 heavy (non-hydrogen) atoms. The van der Waals surface area contributed by atoms with Crippen LogP contribution in [0.3, 0.4) is 0 Å². The molecule has 0 saturated heterocycles. The molecule has 0 radical (unpaired) electrons. The molecule has 0 atom stereocenters. The van der Waals surface area contributed by atoms with Gasteiger partial charge in [-0.05, 0) is 31.5 Å². The quantitative estimate of drug-likeness (QED) is 0.343. The van der Waals surface area contributed by atoms with E-state index in [4.69, 9.17) is 9.47 Å². The molecule has 0 aliphatic heterocycles. The predicted octanol–water partition coefficient (Wildman–Crippen LogP) is 2.34. The molecule has 0 aliphatic carbocycles. The van der Waals surface area contributed by atoms with Crippen molar-refractivity contribution in [3.63, 3.8) is 0 Å². The van der Waals surface area contributed by atoms with Crippen LogP contribution in [0.1, 0.15) is 26.3 Å². The van der Waals surface area contributed by atoms with E-state index in [0.717, 1.165) is 12.2 Å². The fourth-order valence-corrected chi connectivity index (χ4v) is 2.22. The van der Waals surface area contributed by atoms with Crippen LogP contribution in [0.25, 0.3) is 0 Å². The predicted molar refractivity (Wildman–Crippen MR) is 106 cm³/mol. The first-order chi connectivity index (χ1) is 13.8. The van der Waals surface area contributed by atoms with E-state index in [1.807, 2.05) is 0 Å². The van der Waals surface area contributed by atoms with Crippen LogP contribution in [0.4, 0.5) is 5.69 Å². The van der Waals surface area contributed by atoms with Crippen molar-refractivity contribution in [2.75, 3.05) is 25.6 Å². The Balaban J connectivity index is 2.77. The number of allylic oxidation sites excluding steroid dienone is 2. The summed E-state index contributed by atoms with van der Waals surface area (Å²) in [6, 6.07) is 6.57. The molecule has 156 valence electrons. The van der Waals surface area contributed by atoms with E-state index in [1.54, 1.807) is 38.1 Å². The van der Waals surface area contributed by atoms with Gasteiger partial charge >= 0.3 is 5.97 Å². The first-order valence-corrected chi connectivity index (χ1v) is 9.01. The minimum Gasteiger partial charge on any atom is -0.490 e. The van der Waals surface area contributed by atoms with E-state index in [2.05, 4.69) is 10.1 Å². The summed E-state index contributed by atoms with van der Waals surface area (Å²) in [4.78, 5) is 47.1. The van der Waals surface area contributed by atoms with E-state index in [1.165, 1.54) is 14.0 Å². The monoisotopic (exact) mass is 403 g/mol. The van der Waals surface area contributed by atoms with Crippen LogP contribution in [0, 0.1) is 0 Å². The average molecular weight is 403 g/mol. The molecular weight excluding hydrogens is 378 g/mol. The highest BCUT2D eigenvalue weighted by Gasteiger charge is 2.13. The van der Waals surface area contributed by atoms with Crippen molar-refractivity contribution in [2.24, 2.45) is 0 Å². The third kappa shape index (κ3) is 8.42. The molecule has 0 spiro atoms. The molecule has 8 nitrogen and oxygen atoms in total. The molecule has 1 aromatic rings. The van der Waals surface area contributed by atoms with Crippen molar-refractivity contribution in [1.82, 2.24) is 0 Å². The number of benzene rings is 1. The molecule has 1 N–H and O–H groups in total. The molecule has 0 aromatic heterocycles. The maximum absolute atomic E-state index is 12.1. The van der Waals surface area contributed by atoms with Crippen molar-refractivity contribution in [1.29, 1.82) is 0 Å². The number of anilines is 1. The Morgan fingerprint density at radius 2 is 1.52 bits per heavy atom. The lowest BCUT2D eigenvalue weighted by molar-refractivity contribution is -0.140. The van der Waals surface area contributed by atoms with Crippen LogP contribution < -0.4 is 5.32 Å². The highest BCUT2D eigenvalue weighted by atomic mass is 16.6. The molecule has 8 heteroatoms. The van der Waals surface area contributed by atoms with Gasteiger partial charge in [-0.3, -0.25) is 14.4 Å². The second kappa shape index (κ2) is 12.1. The van der Waals surface area contributed by atoms with Crippen LogP contribution >= 0.6 is 0 Å². The molecule has 1 amide bonds. The number of ketones is 2. The molecule has 1 rings (SSSR count). The summed E-state index contributed by atoms with van der Waals surface area (Å²) in [6.45, 7) is 5.22. The third-order valence-corrected chi connectivity index (χ3v) is 3.49. The van der Waals surface area contributed by atoms with Gasteiger partial charge in [-0.15, -0.1) is 0 Å². The minimum absolute atomic E-state index is 0.0188. The Morgan fingerprint density at radius 3 is 2.03 bits per heavy atom. The number of amides is 1. The van der Waals surface area contributed by atoms with Crippen molar-refractivity contribution in [3.8, 4) is 0 Å². The molecule has 0 aliphatic rings. The zero-order valence-corrected chi connectivity index (χ0v) is 16.9. The first kappa shape index (κ1) is 23.6. The minimum atomic E-state index is -0.719. The van der Waals surface area contributed by atoms with Crippen LogP contribution in [-0.2, 0) is 39.8 Å². The van der Waals surface area contributed by atoms with Crippen molar-refractivity contribution in [3.05, 3.63) is 53.5 Å². The maximum Gasteiger partial charge on any atom is 0.373 e. The van der Waals surface area contributed by atoms with Crippen LogP contribution in [0.15, 0.2) is 47.9 Å². The van der Waals surface area contributed by atoms with Gasteiger partial charge in [-0.25, -0.2) is 4.79 Å². The molecule has 0 bridgehead atoms. The van der Waals surface area contributed by atoms with Gasteiger partial charge in [0, 0.05) is 31.2 Å². The zero-order chi connectivity index (χ0) is 21.8. The first-order valence-electron chi connectivity index (χ1n) is 9.01. The lowest BCUT2D eigenvalue weighted by Crippen LogP contribution is -2.13. The number of hydrogen-bond acceptors (Lipinski definition) is 7. The highest BCUT2D eigenvalue weighted by molar-refractivity contribution is 6.05. The second-order valence-corrected chi connectivity index (χ2v) is 5.76. The lowest BCUT2D eigenvalue weighted by Gasteiger charge is -2.07. The summed E-state index contributed by atoms with van der Waals surface area (Å²) in [5.41, 5.74) is 1.17. The van der Waals surface area contributed by atoms with Crippen molar-refractivity contribution in [2.45, 2.75) is 27.2 Å². The van der Waals surface area contributed by atoms with E-state index >= 15 is 0 Å². The Bertz CT molecular complexity index is 807. The molecule has 0 saturated carbocycles. The topological polar surface area (TPSA) is 108 Å². The SMILES string of the molecule is CCO/C(=C/C(=O)Nc1ccc(CC(=O)/C=C(/OCC)C(=O)OC)cc1)C(C)=O. The second-order valence-electron chi connectivity index (χ2n) is 5.76. The molecule has 0 heterocycles. The van der Waals surface area contributed by atoms with Gasteiger partial charge in [-0.1, -0.05) is 12.1 Å². The average Bonchev–Trinajstić information content (AvgIpc) is 2.68. The largest absolute Gasteiger partial charge is 0.490 e. The van der Waals surface area contributed by atoms with Crippen LogP contribution in [0.5, 0.6) is 0 Å². The van der Waals surface area contributed by atoms with Gasteiger partial charge in [0.15, 0.2) is 17.3 Å². The van der Waals surface area contributed by atoms with E-state index in [-0.39, 0.29) is 42.7 Å². The summed E-state index contributed by atoms with van der Waals surface area (Å²) < 4.78 is 14.8. The van der Waals surface area contributed by atoms with Crippen molar-refractivity contribution >= 4 is 29.1 Å². The van der Waals surface area contributed by atoms with Gasteiger partial charge in [0.1, 0.15) is 0 Å². The number of Topliss-reactive ketones (excluding diaryl/α,β-unsaturated/α-hetero) is 1. The Labute approximate surface area is 169 Å². The van der Waals surface area contributed by atoms with Gasteiger partial charge in [-0.2, -0.15) is 0 Å². The van der Waals surface area contributed by atoms with Gasteiger partial charge < -0.3 is 19.5 Å². The number of esters is 1. The molecule has 1 aromatic carbocycles. The lowest BCUT2D eigenvalue weighted by atomic mass is 10.1. The number of rotatable bonds is 11. The molecular formula is C21H25NO7. The standard InChI is InChI=1S/C21H25NO7/c1-5-28-18(14(3)23)13-20(25)22-16-9-7-15(8-10-16)11-17(24)12-19(29-6-2)21(26)27-4/h7-10,12-13H,5-6,11H2,1-4H3,(H,22,25)/b18-13+,19-12+. The third-order valence-electron chi connectivity index (χ3n) is 3.49. The fourth-order valence-electron chi connectivity index (χ4n) is 2.22. The molecule has 0 fully saturated rings. The fraction of sp³-hybridized carbons (Fsp3) is 0.333. The van der Waals surface area contributed by atoms with Gasteiger partial charge in [0.2, 0.25) is 5.76 Å². The summed E-state index contributed by atoms with van der Waals surface area (Å²) >= 11 is 0. The molecule has 0 unspecified atom stereocenters. The number of nitrogens with one attached hydrogen (secondary N) is 1. The summed E-state index contributed by atoms with van der Waals surface area (Å²) in [5.74, 6) is -2.07. The number of methoxy groups -OCH3 is 1. The van der Waals surface area contributed by atoms with Crippen molar-refractivity contribution < 1.29 is 33.4 Å². The normalized spacial score (nSPS) is 11.4. The smallest absolute Gasteiger partial charge is 0.373 e. The number of ether oxygens (including phenoxy) is 3. The maximum atomic E-state index is 12.1. The Hall–Kier alpha value is -3.42. The summed E-state index contributed by atoms with van der Waals surface area (Å²) in [7, 11) is 1.20. The number of carbonyl (C=O) groups excluding carboxylic acids is 4. The summed E-state index contributed by atoms with van der Waals surface area (Å²) in [5, 5.41) is 2.61. The van der Waals surface area contributed by atoms with E-state index in [0.29, 0.717) is 11.3 Å². The van der Waals surface area contributed by atoms with Crippen LogP contribution in [0.2, 0.25) is 0 Å². The zero-order valence-electron chi connectivity index (χ0n) is 16.9.